The number of aliphatic hydroxyl groups is 1. The summed E-state index contributed by atoms with van der Waals surface area (Å²) in [5.41, 5.74) is 1.01. The summed E-state index contributed by atoms with van der Waals surface area (Å²) in [7, 11) is 0. The van der Waals surface area contributed by atoms with Gasteiger partial charge in [0.1, 0.15) is 0 Å². The first-order valence-electron chi connectivity index (χ1n) is 8.61. The van der Waals surface area contributed by atoms with E-state index in [9.17, 15) is 5.11 Å². The van der Waals surface area contributed by atoms with Crippen LogP contribution < -0.4 is 0 Å². The van der Waals surface area contributed by atoms with Crippen molar-refractivity contribution >= 4 is 11.3 Å². The minimum absolute atomic E-state index is 0.308. The molecule has 6 heteroatoms. The molecular weight excluding hydrogens is 334 g/mol. The van der Waals surface area contributed by atoms with E-state index in [2.05, 4.69) is 15.0 Å². The molecule has 0 bridgehead atoms. The summed E-state index contributed by atoms with van der Waals surface area (Å²) in [6.45, 7) is 2.54. The fourth-order valence-corrected chi connectivity index (χ4v) is 4.01. The van der Waals surface area contributed by atoms with Crippen molar-refractivity contribution in [3.8, 4) is 10.7 Å². The third kappa shape index (κ3) is 3.81. The molecule has 3 aromatic rings. The minimum atomic E-state index is -0.378. The molecule has 25 heavy (non-hydrogen) atoms. The van der Waals surface area contributed by atoms with Gasteiger partial charge in [0.05, 0.1) is 17.5 Å². The molecule has 4 rings (SSSR count). The number of benzene rings is 1. The standard InChI is InChI=1S/C19H21N3O2S/c23-18(14-5-2-1-3-6-14)15-8-10-22(11-9-15)13-17-20-19(21-24-17)16-7-4-12-25-16/h1-7,12,15,18,23H,8-11,13H2. The molecule has 0 aliphatic carbocycles. The second-order valence-corrected chi connectivity index (χ2v) is 7.41. The normalized spacial score (nSPS) is 17.6. The van der Waals surface area contributed by atoms with E-state index in [1.165, 1.54) is 0 Å². The molecule has 130 valence electrons. The predicted molar refractivity (Wildman–Crippen MR) is 97.0 cm³/mol. The van der Waals surface area contributed by atoms with Crippen LogP contribution in [0.25, 0.3) is 10.7 Å². The van der Waals surface area contributed by atoms with E-state index in [-0.39, 0.29) is 6.10 Å². The predicted octanol–water partition coefficient (Wildman–Crippen LogP) is 3.74. The Balaban J connectivity index is 1.32. The smallest absolute Gasteiger partial charge is 0.241 e. The molecule has 0 amide bonds. The first kappa shape index (κ1) is 16.4. The van der Waals surface area contributed by atoms with Gasteiger partial charge >= 0.3 is 0 Å². The number of aromatic nitrogens is 2. The lowest BCUT2D eigenvalue weighted by atomic mass is 9.87. The van der Waals surface area contributed by atoms with Crippen LogP contribution in [0.15, 0.2) is 52.4 Å². The van der Waals surface area contributed by atoms with E-state index < -0.39 is 0 Å². The fourth-order valence-electron chi connectivity index (χ4n) is 3.37. The number of nitrogens with zero attached hydrogens (tertiary/aromatic N) is 3. The number of hydrogen-bond acceptors (Lipinski definition) is 6. The van der Waals surface area contributed by atoms with Crippen LogP contribution in [-0.2, 0) is 6.54 Å². The van der Waals surface area contributed by atoms with Gasteiger partial charge in [-0.15, -0.1) is 11.3 Å². The molecule has 0 saturated carbocycles. The second kappa shape index (κ2) is 7.47. The van der Waals surface area contributed by atoms with Gasteiger partial charge in [0.25, 0.3) is 0 Å². The maximum absolute atomic E-state index is 10.6. The van der Waals surface area contributed by atoms with Crippen molar-refractivity contribution in [1.82, 2.24) is 15.0 Å². The van der Waals surface area contributed by atoms with E-state index in [1.807, 2.05) is 47.8 Å². The highest BCUT2D eigenvalue weighted by Crippen LogP contribution is 2.31. The molecule has 1 aliphatic rings. The summed E-state index contributed by atoms with van der Waals surface area (Å²) in [5, 5.41) is 16.6. The van der Waals surface area contributed by atoms with Crippen LogP contribution >= 0.6 is 11.3 Å². The van der Waals surface area contributed by atoms with Crippen LogP contribution in [0.2, 0.25) is 0 Å². The van der Waals surface area contributed by atoms with Gasteiger partial charge in [0, 0.05) is 0 Å². The van der Waals surface area contributed by atoms with Crippen molar-refractivity contribution in [3.63, 3.8) is 0 Å². The van der Waals surface area contributed by atoms with Gasteiger partial charge in [-0.2, -0.15) is 4.98 Å². The molecule has 1 saturated heterocycles. The van der Waals surface area contributed by atoms with Crippen LogP contribution in [0.1, 0.15) is 30.4 Å². The Labute approximate surface area is 150 Å². The zero-order valence-electron chi connectivity index (χ0n) is 13.9. The van der Waals surface area contributed by atoms with Gasteiger partial charge in [0.2, 0.25) is 11.7 Å². The van der Waals surface area contributed by atoms with E-state index in [4.69, 9.17) is 4.52 Å². The number of rotatable bonds is 5. The van der Waals surface area contributed by atoms with E-state index in [0.717, 1.165) is 36.4 Å². The molecule has 0 radical (unpaired) electrons. The maximum atomic E-state index is 10.6. The topological polar surface area (TPSA) is 62.4 Å². The van der Waals surface area contributed by atoms with Crippen LogP contribution in [0, 0.1) is 5.92 Å². The first-order chi connectivity index (χ1) is 12.3. The summed E-state index contributed by atoms with van der Waals surface area (Å²) in [6.07, 6.45) is 1.57. The Morgan fingerprint density at radius 1 is 1.16 bits per heavy atom. The van der Waals surface area contributed by atoms with Crippen molar-refractivity contribution in [3.05, 3.63) is 59.3 Å². The quantitative estimate of drug-likeness (QED) is 0.755. The van der Waals surface area contributed by atoms with Gasteiger partial charge in [-0.25, -0.2) is 0 Å². The fraction of sp³-hybridized carbons (Fsp3) is 0.368. The van der Waals surface area contributed by atoms with Crippen LogP contribution in [0.5, 0.6) is 0 Å². The summed E-state index contributed by atoms with van der Waals surface area (Å²) in [5.74, 6) is 1.63. The number of likely N-dealkylation sites (tertiary alicyclic amines) is 1. The van der Waals surface area contributed by atoms with Crippen molar-refractivity contribution in [2.75, 3.05) is 13.1 Å². The molecule has 1 fully saturated rings. The van der Waals surface area contributed by atoms with E-state index in [0.29, 0.717) is 24.2 Å². The van der Waals surface area contributed by atoms with Crippen LogP contribution in [0.4, 0.5) is 0 Å². The summed E-state index contributed by atoms with van der Waals surface area (Å²) in [4.78, 5) is 7.84. The van der Waals surface area contributed by atoms with E-state index in [1.54, 1.807) is 11.3 Å². The molecule has 1 N–H and O–H groups in total. The van der Waals surface area contributed by atoms with Gasteiger partial charge < -0.3 is 9.63 Å². The molecule has 0 spiro atoms. The monoisotopic (exact) mass is 355 g/mol. The highest BCUT2D eigenvalue weighted by molar-refractivity contribution is 7.13. The summed E-state index contributed by atoms with van der Waals surface area (Å²) in [6, 6.07) is 13.9. The van der Waals surface area contributed by atoms with Gasteiger partial charge in [-0.3, -0.25) is 4.90 Å². The van der Waals surface area contributed by atoms with Gasteiger partial charge in [-0.05, 0) is 48.9 Å². The molecule has 3 heterocycles. The average Bonchev–Trinajstić information content (AvgIpc) is 3.34. The van der Waals surface area contributed by atoms with Crippen molar-refractivity contribution in [2.45, 2.75) is 25.5 Å². The number of aliphatic hydroxyl groups excluding tert-OH is 1. The first-order valence-corrected chi connectivity index (χ1v) is 9.49. The average molecular weight is 355 g/mol. The van der Waals surface area contributed by atoms with E-state index >= 15 is 0 Å². The Hall–Kier alpha value is -2.02. The van der Waals surface area contributed by atoms with Crippen molar-refractivity contribution < 1.29 is 9.63 Å². The zero-order chi connectivity index (χ0) is 17.1. The molecular formula is C19H21N3O2S. The minimum Gasteiger partial charge on any atom is -0.388 e. The molecule has 1 atom stereocenters. The van der Waals surface area contributed by atoms with Crippen molar-refractivity contribution in [2.24, 2.45) is 5.92 Å². The van der Waals surface area contributed by atoms with Crippen LogP contribution in [0.3, 0.4) is 0 Å². The Bertz CT molecular complexity index is 780. The maximum Gasteiger partial charge on any atom is 0.241 e. The number of thiophene rings is 1. The van der Waals surface area contributed by atoms with Gasteiger partial charge in [0.15, 0.2) is 0 Å². The Kier molecular flexibility index (Phi) is 4.92. The lowest BCUT2D eigenvalue weighted by molar-refractivity contribution is 0.0538. The summed E-state index contributed by atoms with van der Waals surface area (Å²) >= 11 is 1.61. The highest BCUT2D eigenvalue weighted by atomic mass is 32.1. The number of hydrogen-bond donors (Lipinski definition) is 1. The number of piperidine rings is 1. The third-order valence-corrected chi connectivity index (χ3v) is 5.65. The van der Waals surface area contributed by atoms with Crippen LogP contribution in [-0.4, -0.2) is 33.2 Å². The molecule has 1 aromatic carbocycles. The Morgan fingerprint density at radius 2 is 1.96 bits per heavy atom. The lowest BCUT2D eigenvalue weighted by Crippen LogP contribution is -2.35. The lowest BCUT2D eigenvalue weighted by Gasteiger charge is -2.33. The molecule has 1 unspecified atom stereocenters. The third-order valence-electron chi connectivity index (χ3n) is 4.79. The second-order valence-electron chi connectivity index (χ2n) is 6.46. The molecule has 2 aromatic heterocycles. The largest absolute Gasteiger partial charge is 0.388 e. The highest BCUT2D eigenvalue weighted by Gasteiger charge is 2.27. The Morgan fingerprint density at radius 3 is 2.68 bits per heavy atom. The SMILES string of the molecule is OC(c1ccccc1)C1CCN(Cc2nc(-c3cccs3)no2)CC1. The van der Waals surface area contributed by atoms with Crippen molar-refractivity contribution in [1.29, 1.82) is 0 Å². The molecule has 1 aliphatic heterocycles. The zero-order valence-corrected chi connectivity index (χ0v) is 14.7. The molecule has 5 nitrogen and oxygen atoms in total. The van der Waals surface area contributed by atoms with Gasteiger partial charge in [-0.1, -0.05) is 41.6 Å². The summed E-state index contributed by atoms with van der Waals surface area (Å²) < 4.78 is 5.39.